The molecular weight excluding hydrogens is 432 g/mol. The number of nitrogens with zero attached hydrogens (tertiary/aromatic N) is 3. The van der Waals surface area contributed by atoms with Gasteiger partial charge in [-0.1, -0.05) is 30.7 Å². The number of hydrogen-bond acceptors (Lipinski definition) is 5. The average Bonchev–Trinajstić information content (AvgIpc) is 2.83. The lowest BCUT2D eigenvalue weighted by Gasteiger charge is -2.37. The molecule has 0 atom stereocenters. The highest BCUT2D eigenvalue weighted by Gasteiger charge is 2.19. The Kier molecular flexibility index (Phi) is 7.93. The van der Waals surface area contributed by atoms with E-state index < -0.39 is 0 Å². The normalized spacial score (nSPS) is 14.8. The number of aromatic amines is 1. The van der Waals surface area contributed by atoms with Crippen molar-refractivity contribution in [2.45, 2.75) is 44.6 Å². The summed E-state index contributed by atoms with van der Waals surface area (Å²) in [6.45, 7) is 9.79. The summed E-state index contributed by atoms with van der Waals surface area (Å²) in [6, 6.07) is 14.3. The fraction of sp³-hybridized carbons (Fsp3) is 0.462. The number of nitrogens with one attached hydrogen (secondary N) is 1. The quantitative estimate of drug-likeness (QED) is 0.380. The first kappa shape index (κ1) is 23.6. The van der Waals surface area contributed by atoms with Crippen LogP contribution < -0.4 is 16.1 Å². The molecule has 0 aliphatic carbocycles. The number of aromatic nitrogens is 2. The van der Waals surface area contributed by atoms with Gasteiger partial charge in [-0.05, 0) is 62.7 Å². The summed E-state index contributed by atoms with van der Waals surface area (Å²) >= 11 is 1.95. The number of aryl methyl sites for hydroxylation is 1. The van der Waals surface area contributed by atoms with E-state index in [1.807, 2.05) is 30.8 Å². The minimum Gasteiger partial charge on any atom is -0.368 e. The number of para-hydroxylation sites is 1. The van der Waals surface area contributed by atoms with Crippen LogP contribution in [0.25, 0.3) is 10.9 Å². The van der Waals surface area contributed by atoms with E-state index >= 15 is 0 Å². The number of H-pyrrole nitrogens is 1. The maximum absolute atomic E-state index is 12.8. The van der Waals surface area contributed by atoms with Gasteiger partial charge in [0.05, 0.1) is 16.6 Å². The monoisotopic (exact) mass is 466 g/mol. The van der Waals surface area contributed by atoms with Gasteiger partial charge in [-0.2, -0.15) is 0 Å². The zero-order valence-electron chi connectivity index (χ0n) is 19.7. The molecule has 0 unspecified atom stereocenters. The minimum atomic E-state index is -0.315. The second-order valence-corrected chi connectivity index (χ2v) is 9.92. The molecule has 1 aliphatic rings. The smallest absolute Gasteiger partial charge is 0.328 e. The van der Waals surface area contributed by atoms with Crippen molar-refractivity contribution >= 4 is 28.4 Å². The van der Waals surface area contributed by atoms with Crippen molar-refractivity contribution in [3.05, 3.63) is 68.9 Å². The molecule has 0 bridgehead atoms. The molecule has 7 heteroatoms. The number of thioether (sulfide) groups is 1. The van der Waals surface area contributed by atoms with Crippen molar-refractivity contribution in [1.29, 1.82) is 0 Å². The Morgan fingerprint density at radius 2 is 1.73 bits per heavy atom. The highest BCUT2D eigenvalue weighted by molar-refractivity contribution is 7.99. The molecule has 1 N–H and O–H groups in total. The van der Waals surface area contributed by atoms with Gasteiger partial charge >= 0.3 is 5.69 Å². The molecule has 1 aliphatic heterocycles. The van der Waals surface area contributed by atoms with Crippen molar-refractivity contribution in [3.8, 4) is 0 Å². The fourth-order valence-corrected chi connectivity index (χ4v) is 5.38. The Morgan fingerprint density at radius 3 is 2.52 bits per heavy atom. The highest BCUT2D eigenvalue weighted by atomic mass is 32.2. The number of piperazine rings is 1. The highest BCUT2D eigenvalue weighted by Crippen LogP contribution is 2.31. The molecule has 1 saturated heterocycles. The molecule has 2 aromatic carbocycles. The van der Waals surface area contributed by atoms with E-state index in [-0.39, 0.29) is 11.2 Å². The maximum Gasteiger partial charge on any atom is 0.328 e. The van der Waals surface area contributed by atoms with Gasteiger partial charge in [0, 0.05) is 37.6 Å². The third-order valence-electron chi connectivity index (χ3n) is 6.28. The predicted octanol–water partition coefficient (Wildman–Crippen LogP) is 4.10. The Balaban J connectivity index is 1.28. The Bertz CT molecular complexity index is 1190. The number of anilines is 1. The standard InChI is InChI=1S/C26H34N4O2S/c1-3-18-33-24-9-5-4-8-23(24)29-16-14-28(15-17-29)12-6-7-13-30-25(31)21-19-20(2)10-11-22(21)27-26(30)32/h4-5,8-11,19H,3,6-7,12-18H2,1-2H3,(H,27,32). The lowest BCUT2D eigenvalue weighted by atomic mass is 10.1. The van der Waals surface area contributed by atoms with E-state index in [0.717, 1.165) is 56.9 Å². The van der Waals surface area contributed by atoms with Crippen LogP contribution >= 0.6 is 11.8 Å². The average molecular weight is 467 g/mol. The summed E-state index contributed by atoms with van der Waals surface area (Å²) in [4.78, 5) is 34.4. The van der Waals surface area contributed by atoms with Gasteiger partial charge in [-0.25, -0.2) is 4.79 Å². The van der Waals surface area contributed by atoms with E-state index in [4.69, 9.17) is 0 Å². The van der Waals surface area contributed by atoms with E-state index in [2.05, 4.69) is 46.0 Å². The Morgan fingerprint density at radius 1 is 0.970 bits per heavy atom. The second kappa shape index (κ2) is 11.1. The van der Waals surface area contributed by atoms with Gasteiger partial charge in [0.1, 0.15) is 0 Å². The number of rotatable bonds is 9. The molecular formula is C26H34N4O2S. The summed E-state index contributed by atoms with van der Waals surface area (Å²) < 4.78 is 1.35. The van der Waals surface area contributed by atoms with Crippen LogP contribution in [0.2, 0.25) is 0 Å². The van der Waals surface area contributed by atoms with Crippen molar-refractivity contribution in [1.82, 2.24) is 14.5 Å². The van der Waals surface area contributed by atoms with Gasteiger partial charge in [0.25, 0.3) is 5.56 Å². The SMILES string of the molecule is CCCSc1ccccc1N1CCN(CCCCn2c(=O)[nH]c3ccc(C)cc3c2=O)CC1. The van der Waals surface area contributed by atoms with Gasteiger partial charge in [0.2, 0.25) is 0 Å². The molecule has 0 radical (unpaired) electrons. The van der Waals surface area contributed by atoms with Crippen LogP contribution in [0.1, 0.15) is 31.7 Å². The van der Waals surface area contributed by atoms with Crippen LogP contribution in [0.5, 0.6) is 0 Å². The van der Waals surface area contributed by atoms with Crippen molar-refractivity contribution in [3.63, 3.8) is 0 Å². The lowest BCUT2D eigenvalue weighted by Crippen LogP contribution is -2.46. The van der Waals surface area contributed by atoms with E-state index in [9.17, 15) is 9.59 Å². The number of unbranched alkanes of at least 4 members (excludes halogenated alkanes) is 1. The first-order valence-electron chi connectivity index (χ1n) is 12.0. The van der Waals surface area contributed by atoms with Gasteiger partial charge in [-0.3, -0.25) is 14.3 Å². The van der Waals surface area contributed by atoms with Crippen LogP contribution in [0.4, 0.5) is 5.69 Å². The molecule has 2 heterocycles. The number of hydrogen-bond donors (Lipinski definition) is 1. The third-order valence-corrected chi connectivity index (χ3v) is 7.55. The van der Waals surface area contributed by atoms with E-state index in [0.29, 0.717) is 17.4 Å². The number of benzene rings is 2. The summed E-state index contributed by atoms with van der Waals surface area (Å²) in [5.41, 5.74) is 2.49. The molecule has 0 spiro atoms. The topological polar surface area (TPSA) is 61.3 Å². The summed E-state index contributed by atoms with van der Waals surface area (Å²) in [6.07, 6.45) is 2.97. The zero-order valence-corrected chi connectivity index (χ0v) is 20.5. The fourth-order valence-electron chi connectivity index (χ4n) is 4.44. The van der Waals surface area contributed by atoms with Crippen LogP contribution in [0, 0.1) is 6.92 Å². The van der Waals surface area contributed by atoms with Crippen molar-refractivity contribution in [2.24, 2.45) is 0 Å². The van der Waals surface area contributed by atoms with E-state index in [1.54, 1.807) is 6.07 Å². The number of fused-ring (bicyclic) bond motifs is 1. The first-order chi connectivity index (χ1) is 16.1. The van der Waals surface area contributed by atoms with Crippen molar-refractivity contribution in [2.75, 3.05) is 43.4 Å². The summed E-state index contributed by atoms with van der Waals surface area (Å²) in [5.74, 6) is 1.15. The Labute approximate surface area is 199 Å². The molecule has 4 rings (SSSR count). The van der Waals surface area contributed by atoms with Gasteiger partial charge < -0.3 is 9.88 Å². The molecule has 0 amide bonds. The van der Waals surface area contributed by atoms with Crippen molar-refractivity contribution < 1.29 is 0 Å². The predicted molar refractivity (Wildman–Crippen MR) is 139 cm³/mol. The molecule has 6 nitrogen and oxygen atoms in total. The van der Waals surface area contributed by atoms with E-state index in [1.165, 1.54) is 21.6 Å². The largest absolute Gasteiger partial charge is 0.368 e. The minimum absolute atomic E-state index is 0.189. The first-order valence-corrected chi connectivity index (χ1v) is 13.0. The summed E-state index contributed by atoms with van der Waals surface area (Å²) in [5, 5.41) is 0.586. The molecule has 176 valence electrons. The molecule has 0 saturated carbocycles. The zero-order chi connectivity index (χ0) is 23.2. The second-order valence-electron chi connectivity index (χ2n) is 8.79. The molecule has 33 heavy (non-hydrogen) atoms. The van der Waals surface area contributed by atoms with Gasteiger partial charge in [0.15, 0.2) is 0 Å². The van der Waals surface area contributed by atoms with Crippen LogP contribution in [0.3, 0.4) is 0 Å². The molecule has 3 aromatic rings. The lowest BCUT2D eigenvalue weighted by molar-refractivity contribution is 0.250. The van der Waals surface area contributed by atoms with Crippen LogP contribution in [-0.2, 0) is 6.54 Å². The Hall–Kier alpha value is -2.51. The third kappa shape index (κ3) is 5.71. The van der Waals surface area contributed by atoms with Crippen LogP contribution in [-0.4, -0.2) is 52.9 Å². The van der Waals surface area contributed by atoms with Gasteiger partial charge in [-0.15, -0.1) is 11.8 Å². The van der Waals surface area contributed by atoms with Crippen LogP contribution in [0.15, 0.2) is 56.9 Å². The maximum atomic E-state index is 12.8. The molecule has 1 aromatic heterocycles. The summed E-state index contributed by atoms with van der Waals surface area (Å²) in [7, 11) is 0. The molecule has 1 fully saturated rings.